The summed E-state index contributed by atoms with van der Waals surface area (Å²) in [5.74, 6) is 0. The van der Waals surface area contributed by atoms with Gasteiger partial charge in [0.05, 0.1) is 16.4 Å². The standard InChI is InChI=1S/C59H40N2/c1-4-19-44(20-5-1)59(45-21-6-2-7-22-45)53-28-14-12-26-48(53)51-39-43(31-34-54(51)59)50-37-41(32-35-56(50)60-55-29-16-18-40-17-10-11-25-47(40)55)42-33-36-58-52(38-42)49-27-13-15-30-57(49)61(58)46-23-8-3-9-24-46/h1-39,60H. The lowest BCUT2D eigenvalue weighted by molar-refractivity contribution is 0.768. The Hall–Kier alpha value is -7.94. The van der Waals surface area contributed by atoms with Gasteiger partial charge in [0.1, 0.15) is 0 Å². The molecule has 1 aliphatic carbocycles. The van der Waals surface area contributed by atoms with Gasteiger partial charge < -0.3 is 9.88 Å². The topological polar surface area (TPSA) is 17.0 Å². The van der Waals surface area contributed by atoms with Gasteiger partial charge in [-0.25, -0.2) is 0 Å². The van der Waals surface area contributed by atoms with Crippen LogP contribution in [0.2, 0.25) is 0 Å². The first-order valence-electron chi connectivity index (χ1n) is 21.1. The molecule has 12 rings (SSSR count). The second-order valence-electron chi connectivity index (χ2n) is 16.1. The Morgan fingerprint density at radius 1 is 0.328 bits per heavy atom. The summed E-state index contributed by atoms with van der Waals surface area (Å²) in [7, 11) is 0. The van der Waals surface area contributed by atoms with E-state index in [-0.39, 0.29) is 0 Å². The predicted molar refractivity (Wildman–Crippen MR) is 256 cm³/mol. The molecule has 0 radical (unpaired) electrons. The van der Waals surface area contributed by atoms with Crippen LogP contribution in [0.25, 0.3) is 71.6 Å². The zero-order valence-electron chi connectivity index (χ0n) is 33.5. The van der Waals surface area contributed by atoms with Crippen molar-refractivity contribution in [2.75, 3.05) is 5.32 Å². The van der Waals surface area contributed by atoms with Gasteiger partial charge in [-0.3, -0.25) is 0 Å². The van der Waals surface area contributed by atoms with Crippen LogP contribution in [-0.4, -0.2) is 4.57 Å². The van der Waals surface area contributed by atoms with E-state index in [1.165, 1.54) is 77.1 Å². The van der Waals surface area contributed by atoms with Crippen molar-refractivity contribution < 1.29 is 0 Å². The molecule has 1 aromatic heterocycles. The van der Waals surface area contributed by atoms with Crippen molar-refractivity contribution in [3.63, 3.8) is 0 Å². The van der Waals surface area contributed by atoms with Crippen LogP contribution in [0.4, 0.5) is 11.4 Å². The highest BCUT2D eigenvalue weighted by molar-refractivity contribution is 6.10. The molecule has 2 heteroatoms. The van der Waals surface area contributed by atoms with Crippen molar-refractivity contribution in [2.45, 2.75) is 5.41 Å². The van der Waals surface area contributed by atoms with Crippen LogP contribution in [0.3, 0.4) is 0 Å². The molecule has 0 unspecified atom stereocenters. The Balaban J connectivity index is 1.07. The second kappa shape index (κ2) is 14.1. The van der Waals surface area contributed by atoms with E-state index in [9.17, 15) is 0 Å². The number of fused-ring (bicyclic) bond motifs is 7. The van der Waals surface area contributed by atoms with Crippen molar-refractivity contribution in [1.82, 2.24) is 4.57 Å². The molecule has 1 N–H and O–H groups in total. The van der Waals surface area contributed by atoms with Gasteiger partial charge in [-0.15, -0.1) is 0 Å². The molecule has 0 atom stereocenters. The third kappa shape index (κ3) is 5.50. The molecule has 0 bridgehead atoms. The van der Waals surface area contributed by atoms with Crippen LogP contribution >= 0.6 is 0 Å². The van der Waals surface area contributed by atoms with E-state index in [1.807, 2.05) is 0 Å². The summed E-state index contributed by atoms with van der Waals surface area (Å²) in [6.45, 7) is 0. The quantitative estimate of drug-likeness (QED) is 0.171. The molecule has 1 heterocycles. The molecular formula is C59H40N2. The second-order valence-corrected chi connectivity index (χ2v) is 16.1. The fraction of sp³-hybridized carbons (Fsp3) is 0.0169. The fourth-order valence-electron chi connectivity index (χ4n) is 10.2. The monoisotopic (exact) mass is 776 g/mol. The van der Waals surface area contributed by atoms with Crippen LogP contribution in [0.5, 0.6) is 0 Å². The summed E-state index contributed by atoms with van der Waals surface area (Å²) in [5, 5.41) is 8.81. The summed E-state index contributed by atoms with van der Waals surface area (Å²) in [6, 6.07) is 86.6. The molecule has 1 aliphatic rings. The number of aromatic nitrogens is 1. The van der Waals surface area contributed by atoms with Gasteiger partial charge in [-0.1, -0.05) is 182 Å². The maximum atomic E-state index is 3.92. The van der Waals surface area contributed by atoms with Crippen molar-refractivity contribution in [3.05, 3.63) is 259 Å². The van der Waals surface area contributed by atoms with E-state index < -0.39 is 5.41 Å². The number of hydrogen-bond acceptors (Lipinski definition) is 1. The minimum atomic E-state index is -0.451. The van der Waals surface area contributed by atoms with Gasteiger partial charge in [-0.05, 0) is 110 Å². The number of hydrogen-bond donors (Lipinski definition) is 1. The molecular weight excluding hydrogens is 737 g/mol. The SMILES string of the molecule is c1ccc(-n2c3ccccc3c3cc(-c4ccc(Nc5cccc6ccccc56)c(-c5ccc6c(c5)-c5ccccc5C6(c5ccccc5)c5ccccc5)c4)ccc32)cc1. The number of benzene rings is 10. The first-order valence-corrected chi connectivity index (χ1v) is 21.1. The predicted octanol–water partition coefficient (Wildman–Crippen LogP) is 15.4. The Morgan fingerprint density at radius 2 is 0.902 bits per heavy atom. The Morgan fingerprint density at radius 3 is 1.70 bits per heavy atom. The maximum absolute atomic E-state index is 3.92. The average molecular weight is 777 g/mol. The number of para-hydroxylation sites is 2. The molecule has 61 heavy (non-hydrogen) atoms. The highest BCUT2D eigenvalue weighted by Gasteiger charge is 2.46. The van der Waals surface area contributed by atoms with Gasteiger partial charge in [0.25, 0.3) is 0 Å². The Labute approximate surface area is 355 Å². The van der Waals surface area contributed by atoms with E-state index in [1.54, 1.807) is 0 Å². The largest absolute Gasteiger partial charge is 0.355 e. The summed E-state index contributed by atoms with van der Waals surface area (Å²) in [6.07, 6.45) is 0. The number of rotatable bonds is 7. The summed E-state index contributed by atoms with van der Waals surface area (Å²) >= 11 is 0. The molecule has 10 aromatic carbocycles. The number of nitrogens with zero attached hydrogens (tertiary/aromatic N) is 1. The molecule has 0 aliphatic heterocycles. The van der Waals surface area contributed by atoms with Crippen LogP contribution in [0.1, 0.15) is 22.3 Å². The number of anilines is 2. The molecule has 0 spiro atoms. The van der Waals surface area contributed by atoms with Crippen molar-refractivity contribution in [2.24, 2.45) is 0 Å². The van der Waals surface area contributed by atoms with Gasteiger partial charge in [0, 0.05) is 38.8 Å². The fourth-order valence-corrected chi connectivity index (χ4v) is 10.2. The Kier molecular flexibility index (Phi) is 8.11. The lowest BCUT2D eigenvalue weighted by Crippen LogP contribution is -2.28. The van der Waals surface area contributed by atoms with Gasteiger partial charge >= 0.3 is 0 Å². The van der Waals surface area contributed by atoms with Crippen molar-refractivity contribution in [3.8, 4) is 39.1 Å². The maximum Gasteiger partial charge on any atom is 0.0713 e. The Bertz CT molecular complexity index is 3390. The minimum Gasteiger partial charge on any atom is -0.355 e. The molecule has 0 amide bonds. The van der Waals surface area contributed by atoms with Gasteiger partial charge in [0.15, 0.2) is 0 Å². The molecule has 286 valence electrons. The smallest absolute Gasteiger partial charge is 0.0713 e. The van der Waals surface area contributed by atoms with Crippen LogP contribution in [0.15, 0.2) is 237 Å². The average Bonchev–Trinajstić information content (AvgIpc) is 3.83. The highest BCUT2D eigenvalue weighted by Crippen LogP contribution is 2.57. The molecule has 0 fully saturated rings. The lowest BCUT2D eigenvalue weighted by Gasteiger charge is -2.33. The van der Waals surface area contributed by atoms with E-state index >= 15 is 0 Å². The van der Waals surface area contributed by atoms with Crippen LogP contribution in [-0.2, 0) is 5.41 Å². The van der Waals surface area contributed by atoms with E-state index in [0.29, 0.717) is 0 Å². The third-order valence-electron chi connectivity index (χ3n) is 12.9. The highest BCUT2D eigenvalue weighted by atomic mass is 15.0. The third-order valence-corrected chi connectivity index (χ3v) is 12.9. The minimum absolute atomic E-state index is 0.451. The van der Waals surface area contributed by atoms with Crippen molar-refractivity contribution >= 4 is 44.0 Å². The summed E-state index contributed by atoms with van der Waals surface area (Å²) in [4.78, 5) is 0. The van der Waals surface area contributed by atoms with E-state index in [0.717, 1.165) is 28.2 Å². The first-order chi connectivity index (χ1) is 30.3. The number of nitrogens with one attached hydrogen (secondary N) is 1. The van der Waals surface area contributed by atoms with Crippen molar-refractivity contribution in [1.29, 1.82) is 0 Å². The van der Waals surface area contributed by atoms with Gasteiger partial charge in [0.2, 0.25) is 0 Å². The molecule has 2 nitrogen and oxygen atoms in total. The molecule has 11 aromatic rings. The van der Waals surface area contributed by atoms with Crippen LogP contribution < -0.4 is 5.32 Å². The summed E-state index contributed by atoms with van der Waals surface area (Å²) in [5.41, 5.74) is 17.6. The van der Waals surface area contributed by atoms with E-state index in [4.69, 9.17) is 0 Å². The normalized spacial score (nSPS) is 12.7. The van der Waals surface area contributed by atoms with E-state index in [2.05, 4.69) is 246 Å². The molecule has 0 saturated carbocycles. The first kappa shape index (κ1) is 35.0. The summed E-state index contributed by atoms with van der Waals surface area (Å²) < 4.78 is 2.38. The molecule has 0 saturated heterocycles. The van der Waals surface area contributed by atoms with Crippen LogP contribution in [0, 0.1) is 0 Å². The lowest BCUT2D eigenvalue weighted by atomic mass is 9.67. The van der Waals surface area contributed by atoms with Gasteiger partial charge in [-0.2, -0.15) is 0 Å². The zero-order valence-corrected chi connectivity index (χ0v) is 33.5. The zero-order chi connectivity index (χ0) is 40.3.